The van der Waals surface area contributed by atoms with Gasteiger partial charge in [-0.3, -0.25) is 9.59 Å². The molecule has 10 nitrogen and oxygen atoms in total. The highest BCUT2D eigenvalue weighted by Gasteiger charge is 2.44. The molecule has 0 radical (unpaired) electrons. The third-order valence-electron chi connectivity index (χ3n) is 9.23. The molecule has 1 aliphatic heterocycles. The Bertz CT molecular complexity index is 949. The second-order valence-electron chi connectivity index (χ2n) is 14.1. The molecular formula is C42H74O10. The summed E-state index contributed by atoms with van der Waals surface area (Å²) in [6.07, 6.45) is 28.7. The van der Waals surface area contributed by atoms with E-state index in [2.05, 4.69) is 50.3 Å². The van der Waals surface area contributed by atoms with Gasteiger partial charge in [0.25, 0.3) is 0 Å². The number of allylic oxidation sites excluding steroid dienone is 6. The molecule has 0 spiro atoms. The first-order valence-corrected chi connectivity index (χ1v) is 20.6. The fourth-order valence-corrected chi connectivity index (χ4v) is 5.92. The van der Waals surface area contributed by atoms with E-state index in [0.29, 0.717) is 12.8 Å². The predicted octanol–water partition coefficient (Wildman–Crippen LogP) is 7.94. The topological polar surface area (TPSA) is 152 Å². The standard InChI is InChI=1S/C42H74O10/c1-3-5-7-9-11-13-15-16-17-18-19-20-21-23-25-27-29-31-38(45)51-35(34-50-42-41(48)40(47)39(46)36(32-43)52-42)33-49-37(44)30-28-26-24-22-14-12-10-8-6-4-2/h8,10-11,13,16-17,35-36,39-43,46-48H,3-7,9,12,14-15,18-34H2,1-2H3/b10-8-,13-11-,17-16-. The Kier molecular flexibility index (Phi) is 30.9. The zero-order valence-electron chi connectivity index (χ0n) is 32.6. The van der Waals surface area contributed by atoms with Gasteiger partial charge < -0.3 is 39.4 Å². The minimum absolute atomic E-state index is 0.219. The quantitative estimate of drug-likeness (QED) is 0.0297. The highest BCUT2D eigenvalue weighted by molar-refractivity contribution is 5.70. The van der Waals surface area contributed by atoms with Crippen molar-refractivity contribution in [2.75, 3.05) is 19.8 Å². The summed E-state index contributed by atoms with van der Waals surface area (Å²) >= 11 is 0. The van der Waals surface area contributed by atoms with Crippen molar-refractivity contribution in [3.8, 4) is 0 Å². The molecule has 1 aliphatic rings. The Morgan fingerprint density at radius 2 is 1.12 bits per heavy atom. The van der Waals surface area contributed by atoms with E-state index in [1.807, 2.05) is 0 Å². The van der Waals surface area contributed by atoms with E-state index in [1.165, 1.54) is 44.9 Å². The second-order valence-corrected chi connectivity index (χ2v) is 14.1. The van der Waals surface area contributed by atoms with Gasteiger partial charge >= 0.3 is 11.9 Å². The van der Waals surface area contributed by atoms with Crippen molar-refractivity contribution in [3.05, 3.63) is 36.5 Å². The highest BCUT2D eigenvalue weighted by atomic mass is 16.7. The predicted molar refractivity (Wildman–Crippen MR) is 206 cm³/mol. The number of unbranched alkanes of at least 4 members (excludes halogenated alkanes) is 16. The van der Waals surface area contributed by atoms with Crippen LogP contribution in [0.5, 0.6) is 0 Å². The number of rotatable bonds is 33. The van der Waals surface area contributed by atoms with Gasteiger partial charge in [0.2, 0.25) is 0 Å². The number of hydrogen-bond acceptors (Lipinski definition) is 10. The van der Waals surface area contributed by atoms with Crippen molar-refractivity contribution in [1.82, 2.24) is 0 Å². The summed E-state index contributed by atoms with van der Waals surface area (Å²) in [5.41, 5.74) is 0. The molecule has 10 heteroatoms. The van der Waals surface area contributed by atoms with Gasteiger partial charge in [-0.1, -0.05) is 121 Å². The normalized spacial score (nSPS) is 21.4. The SMILES string of the molecule is CCC/C=C\CCCCCCCC(=O)OCC(COC1OC(CO)C(O)C(O)C1O)OC(=O)CCCCCCCCC/C=C\C/C=C\CCCCC. The lowest BCUT2D eigenvalue weighted by Crippen LogP contribution is -2.59. The van der Waals surface area contributed by atoms with Crippen LogP contribution in [-0.4, -0.2) is 89.0 Å². The summed E-state index contributed by atoms with van der Waals surface area (Å²) in [4.78, 5) is 25.2. The lowest BCUT2D eigenvalue weighted by molar-refractivity contribution is -0.305. The first-order valence-electron chi connectivity index (χ1n) is 20.6. The van der Waals surface area contributed by atoms with Crippen molar-refractivity contribution >= 4 is 11.9 Å². The molecule has 1 saturated heterocycles. The molecule has 0 aromatic heterocycles. The molecule has 0 aromatic rings. The molecule has 4 N–H and O–H groups in total. The van der Waals surface area contributed by atoms with E-state index < -0.39 is 55.4 Å². The summed E-state index contributed by atoms with van der Waals surface area (Å²) in [6, 6.07) is 0. The van der Waals surface area contributed by atoms with Crippen LogP contribution in [0.4, 0.5) is 0 Å². The Hall–Kier alpha value is -2.08. The Morgan fingerprint density at radius 3 is 1.69 bits per heavy atom. The van der Waals surface area contributed by atoms with Gasteiger partial charge in [-0.05, 0) is 64.2 Å². The van der Waals surface area contributed by atoms with Crippen LogP contribution >= 0.6 is 0 Å². The second kappa shape index (κ2) is 33.5. The van der Waals surface area contributed by atoms with E-state index in [0.717, 1.165) is 77.0 Å². The van der Waals surface area contributed by atoms with Gasteiger partial charge in [0.05, 0.1) is 13.2 Å². The van der Waals surface area contributed by atoms with Crippen molar-refractivity contribution < 1.29 is 49.0 Å². The van der Waals surface area contributed by atoms with Crippen LogP contribution in [-0.2, 0) is 28.5 Å². The van der Waals surface area contributed by atoms with Crippen molar-refractivity contribution in [2.24, 2.45) is 0 Å². The number of esters is 2. The molecule has 1 rings (SSSR count). The molecule has 0 amide bonds. The van der Waals surface area contributed by atoms with Crippen LogP contribution in [0.25, 0.3) is 0 Å². The molecular weight excluding hydrogens is 664 g/mol. The molecule has 1 fully saturated rings. The first-order chi connectivity index (χ1) is 25.3. The average Bonchev–Trinajstić information content (AvgIpc) is 3.14. The molecule has 1 heterocycles. The first kappa shape index (κ1) is 47.9. The Morgan fingerprint density at radius 1 is 0.596 bits per heavy atom. The number of aliphatic hydroxyl groups excluding tert-OH is 4. The van der Waals surface area contributed by atoms with Crippen LogP contribution in [0.2, 0.25) is 0 Å². The average molecular weight is 739 g/mol. The number of carbonyl (C=O) groups excluding carboxylic acids is 2. The lowest BCUT2D eigenvalue weighted by Gasteiger charge is -2.39. The van der Waals surface area contributed by atoms with Crippen LogP contribution < -0.4 is 0 Å². The molecule has 0 aliphatic carbocycles. The minimum Gasteiger partial charge on any atom is -0.462 e. The van der Waals surface area contributed by atoms with Crippen molar-refractivity contribution in [1.29, 1.82) is 0 Å². The maximum absolute atomic E-state index is 12.7. The number of hydrogen-bond donors (Lipinski definition) is 4. The zero-order valence-corrected chi connectivity index (χ0v) is 32.6. The molecule has 0 aromatic carbocycles. The summed E-state index contributed by atoms with van der Waals surface area (Å²) in [5.74, 6) is -0.830. The van der Waals surface area contributed by atoms with Crippen LogP contribution in [0.3, 0.4) is 0 Å². The molecule has 0 saturated carbocycles. The number of carbonyl (C=O) groups is 2. The van der Waals surface area contributed by atoms with Gasteiger partial charge in [0.15, 0.2) is 12.4 Å². The molecule has 302 valence electrons. The minimum atomic E-state index is -1.60. The van der Waals surface area contributed by atoms with Crippen molar-refractivity contribution in [2.45, 2.75) is 198 Å². The maximum atomic E-state index is 12.7. The molecule has 6 atom stereocenters. The van der Waals surface area contributed by atoms with Gasteiger partial charge in [0, 0.05) is 12.8 Å². The highest BCUT2D eigenvalue weighted by Crippen LogP contribution is 2.22. The summed E-state index contributed by atoms with van der Waals surface area (Å²) in [7, 11) is 0. The van der Waals surface area contributed by atoms with Crippen LogP contribution in [0.1, 0.15) is 162 Å². The monoisotopic (exact) mass is 739 g/mol. The van der Waals surface area contributed by atoms with Crippen LogP contribution in [0.15, 0.2) is 36.5 Å². The molecule has 6 unspecified atom stereocenters. The largest absolute Gasteiger partial charge is 0.462 e. The molecule has 52 heavy (non-hydrogen) atoms. The summed E-state index contributed by atoms with van der Waals surface area (Å²) in [6.45, 7) is 3.30. The third-order valence-corrected chi connectivity index (χ3v) is 9.23. The third kappa shape index (κ3) is 25.0. The smallest absolute Gasteiger partial charge is 0.306 e. The Balaban J connectivity index is 2.36. The summed E-state index contributed by atoms with van der Waals surface area (Å²) < 4.78 is 22.1. The zero-order chi connectivity index (χ0) is 38.1. The van der Waals surface area contributed by atoms with E-state index in [9.17, 15) is 30.0 Å². The van der Waals surface area contributed by atoms with E-state index >= 15 is 0 Å². The van der Waals surface area contributed by atoms with Crippen molar-refractivity contribution in [3.63, 3.8) is 0 Å². The molecule has 0 bridgehead atoms. The van der Waals surface area contributed by atoms with E-state index in [-0.39, 0.29) is 26.1 Å². The van der Waals surface area contributed by atoms with Gasteiger partial charge in [-0.15, -0.1) is 0 Å². The summed E-state index contributed by atoms with van der Waals surface area (Å²) in [5, 5.41) is 39.9. The lowest BCUT2D eigenvalue weighted by atomic mass is 9.99. The Labute approximate surface area is 315 Å². The number of aliphatic hydroxyl groups is 4. The van der Waals surface area contributed by atoms with Gasteiger partial charge in [-0.25, -0.2) is 0 Å². The van der Waals surface area contributed by atoms with E-state index in [4.69, 9.17) is 18.9 Å². The van der Waals surface area contributed by atoms with Crippen LogP contribution in [0, 0.1) is 0 Å². The number of ether oxygens (including phenoxy) is 4. The fourth-order valence-electron chi connectivity index (χ4n) is 5.92. The van der Waals surface area contributed by atoms with Gasteiger partial charge in [0.1, 0.15) is 31.0 Å². The van der Waals surface area contributed by atoms with Gasteiger partial charge in [-0.2, -0.15) is 0 Å². The fraction of sp³-hybridized carbons (Fsp3) is 0.810. The van der Waals surface area contributed by atoms with E-state index in [1.54, 1.807) is 0 Å². The maximum Gasteiger partial charge on any atom is 0.306 e.